The normalized spacial score (nSPS) is 21.9. The minimum Gasteiger partial charge on any atom is -0.468 e. The number of hydrogen-bond donors (Lipinski definition) is 1. The lowest BCUT2D eigenvalue weighted by atomic mass is 10.2. The summed E-state index contributed by atoms with van der Waals surface area (Å²) in [6.45, 7) is 5.44. The number of aromatic amines is 1. The summed E-state index contributed by atoms with van der Waals surface area (Å²) < 4.78 is 4.81. The van der Waals surface area contributed by atoms with Gasteiger partial charge in [-0.1, -0.05) is 6.07 Å². The quantitative estimate of drug-likeness (QED) is 0.645. The largest absolute Gasteiger partial charge is 0.468 e. The van der Waals surface area contributed by atoms with E-state index >= 15 is 0 Å². The highest BCUT2D eigenvalue weighted by Crippen LogP contribution is 2.19. The first-order chi connectivity index (χ1) is 12.2. The van der Waals surface area contributed by atoms with Gasteiger partial charge in [0.2, 0.25) is 0 Å². The molecule has 1 aromatic rings. The number of carbonyl (C=O) groups is 2. The molecule has 0 unspecified atom stereocenters. The van der Waals surface area contributed by atoms with Gasteiger partial charge in [-0.05, 0) is 6.07 Å². The van der Waals surface area contributed by atoms with Crippen LogP contribution in [0.4, 0.5) is 5.82 Å². The highest BCUT2D eigenvalue weighted by atomic mass is 32.2. The number of methoxy groups -OCH3 is 1. The van der Waals surface area contributed by atoms with E-state index in [-0.39, 0.29) is 17.1 Å². The van der Waals surface area contributed by atoms with Crippen molar-refractivity contribution in [3.63, 3.8) is 0 Å². The zero-order valence-corrected chi connectivity index (χ0v) is 15.4. The van der Waals surface area contributed by atoms with Crippen LogP contribution in [0.1, 0.15) is 0 Å². The van der Waals surface area contributed by atoms with E-state index in [1.54, 1.807) is 11.8 Å². The fourth-order valence-corrected chi connectivity index (χ4v) is 4.42. The molecule has 0 spiro atoms. The zero-order chi connectivity index (χ0) is 17.6. The number of hydrogen-bond acceptors (Lipinski definition) is 5. The van der Waals surface area contributed by atoms with Gasteiger partial charge in [-0.15, -0.1) is 11.8 Å². The number of H-pyrrole nitrogens is 1. The van der Waals surface area contributed by atoms with Gasteiger partial charge in [0.1, 0.15) is 31.4 Å². The summed E-state index contributed by atoms with van der Waals surface area (Å²) in [4.78, 5) is 33.0. The van der Waals surface area contributed by atoms with Crippen LogP contribution in [0, 0.1) is 0 Å². The molecule has 2 N–H and O–H groups in total. The van der Waals surface area contributed by atoms with E-state index in [1.807, 2.05) is 23.2 Å². The van der Waals surface area contributed by atoms with Crippen molar-refractivity contribution in [2.24, 2.45) is 0 Å². The summed E-state index contributed by atoms with van der Waals surface area (Å²) in [5.74, 6) is 1.83. The first kappa shape index (κ1) is 18.0. The number of nitrogens with zero attached hydrogens (tertiary/aromatic N) is 2. The molecule has 3 rings (SSSR count). The molecule has 8 heteroatoms. The SMILES string of the molecule is COC(=O)[C@@H]1CN(C(=O)C[NH+]2CCN(c3cccc[nH+]3)CC2)CCS1. The number of carbonyl (C=O) groups excluding carboxylic acids is 2. The summed E-state index contributed by atoms with van der Waals surface area (Å²) >= 11 is 1.58. The molecule has 0 saturated carbocycles. The van der Waals surface area contributed by atoms with E-state index in [4.69, 9.17) is 4.74 Å². The topological polar surface area (TPSA) is 68.4 Å². The van der Waals surface area contributed by atoms with Crippen molar-refractivity contribution in [2.75, 3.05) is 63.6 Å². The molecule has 136 valence electrons. The number of pyridine rings is 1. The Kier molecular flexibility index (Phi) is 6.14. The van der Waals surface area contributed by atoms with Crippen molar-refractivity contribution in [1.29, 1.82) is 0 Å². The summed E-state index contributed by atoms with van der Waals surface area (Å²) in [7, 11) is 1.40. The zero-order valence-electron chi connectivity index (χ0n) is 14.6. The average molecular weight is 366 g/mol. The van der Waals surface area contributed by atoms with Crippen LogP contribution in [0.5, 0.6) is 0 Å². The van der Waals surface area contributed by atoms with Crippen molar-refractivity contribution < 1.29 is 24.2 Å². The van der Waals surface area contributed by atoms with E-state index in [0.717, 1.165) is 44.3 Å². The highest BCUT2D eigenvalue weighted by Gasteiger charge is 2.33. The van der Waals surface area contributed by atoms with Crippen molar-refractivity contribution in [3.8, 4) is 0 Å². The summed E-state index contributed by atoms with van der Waals surface area (Å²) in [5.41, 5.74) is 0. The number of thioether (sulfide) groups is 1. The first-order valence-corrected chi connectivity index (χ1v) is 9.74. The molecule has 2 aliphatic heterocycles. The molecule has 2 fully saturated rings. The summed E-state index contributed by atoms with van der Waals surface area (Å²) in [6.07, 6.45) is 1.93. The number of piperazine rings is 1. The second-order valence-electron chi connectivity index (χ2n) is 6.38. The molecule has 0 aromatic carbocycles. The molecular weight excluding hydrogens is 340 g/mol. The number of esters is 1. The molecule has 1 atom stereocenters. The molecule has 25 heavy (non-hydrogen) atoms. The summed E-state index contributed by atoms with van der Waals surface area (Å²) in [6, 6.07) is 6.08. The maximum atomic E-state index is 12.6. The highest BCUT2D eigenvalue weighted by molar-refractivity contribution is 8.00. The third-order valence-corrected chi connectivity index (χ3v) is 5.95. The molecular formula is C17H26N4O3S+2. The number of nitrogens with one attached hydrogen (secondary N) is 2. The maximum Gasteiger partial charge on any atom is 0.320 e. The third kappa shape index (κ3) is 4.64. The molecule has 7 nitrogen and oxygen atoms in total. The van der Waals surface area contributed by atoms with Crippen LogP contribution in [-0.4, -0.2) is 80.7 Å². The molecule has 0 bridgehead atoms. The lowest BCUT2D eigenvalue weighted by Crippen LogP contribution is -3.16. The van der Waals surface area contributed by atoms with Gasteiger partial charge in [0.15, 0.2) is 6.54 Å². The third-order valence-electron chi connectivity index (χ3n) is 4.79. The van der Waals surface area contributed by atoms with Crippen LogP contribution in [-0.2, 0) is 14.3 Å². The van der Waals surface area contributed by atoms with Gasteiger partial charge in [-0.25, -0.2) is 4.98 Å². The Hall–Kier alpha value is -1.80. The number of rotatable bonds is 4. The summed E-state index contributed by atoms with van der Waals surface area (Å²) in [5, 5.41) is -0.247. The van der Waals surface area contributed by atoms with Crippen molar-refractivity contribution in [1.82, 2.24) is 4.90 Å². The molecule has 2 saturated heterocycles. The second kappa shape index (κ2) is 8.53. The molecule has 3 heterocycles. The van der Waals surface area contributed by atoms with Crippen molar-refractivity contribution >= 4 is 29.5 Å². The molecule has 1 amide bonds. The minimum absolute atomic E-state index is 0.143. The van der Waals surface area contributed by atoms with E-state index in [9.17, 15) is 9.59 Å². The predicted octanol–water partition coefficient (Wildman–Crippen LogP) is -1.68. The molecule has 2 aliphatic rings. The first-order valence-electron chi connectivity index (χ1n) is 8.70. The molecule has 0 aliphatic carbocycles. The van der Waals surface area contributed by atoms with E-state index in [2.05, 4.69) is 16.0 Å². The van der Waals surface area contributed by atoms with Gasteiger partial charge in [0.05, 0.1) is 13.3 Å². The molecule has 0 radical (unpaired) electrons. The van der Waals surface area contributed by atoms with Gasteiger partial charge in [-0.3, -0.25) is 14.5 Å². The number of anilines is 1. The smallest absolute Gasteiger partial charge is 0.320 e. The Bertz CT molecular complexity index is 593. The van der Waals surface area contributed by atoms with Gasteiger partial charge in [-0.2, -0.15) is 0 Å². The number of quaternary nitrogens is 1. The lowest BCUT2D eigenvalue weighted by Gasteiger charge is -2.33. The van der Waals surface area contributed by atoms with Crippen LogP contribution in [0.2, 0.25) is 0 Å². The standard InChI is InChI=1S/C17H24N4O3S/c1-24-17(23)14-12-21(10-11-25-14)16(22)13-19-6-8-20(9-7-19)15-4-2-3-5-18-15/h2-5,14H,6-13H2,1H3/p+2/t14-/m0/s1. The fraction of sp³-hybridized carbons (Fsp3) is 0.588. The number of ether oxygens (including phenoxy) is 1. The molecule has 1 aromatic heterocycles. The lowest BCUT2D eigenvalue weighted by molar-refractivity contribution is -0.892. The van der Waals surface area contributed by atoms with Crippen molar-refractivity contribution in [2.45, 2.75) is 5.25 Å². The number of aromatic nitrogens is 1. The Labute approximate surface area is 152 Å². The van der Waals surface area contributed by atoms with Crippen LogP contribution in [0.3, 0.4) is 0 Å². The minimum atomic E-state index is -0.247. The fourth-order valence-electron chi connectivity index (χ4n) is 3.30. The Morgan fingerprint density at radius 2 is 2.12 bits per heavy atom. The predicted molar refractivity (Wildman–Crippen MR) is 95.6 cm³/mol. The Balaban J connectivity index is 1.47. The van der Waals surface area contributed by atoms with Gasteiger partial charge in [0.25, 0.3) is 11.7 Å². The monoisotopic (exact) mass is 366 g/mol. The Morgan fingerprint density at radius 3 is 2.80 bits per heavy atom. The average Bonchev–Trinajstić information content (AvgIpc) is 2.68. The van der Waals surface area contributed by atoms with Crippen LogP contribution in [0.25, 0.3) is 0 Å². The second-order valence-corrected chi connectivity index (χ2v) is 7.69. The Morgan fingerprint density at radius 1 is 1.32 bits per heavy atom. The van der Waals surface area contributed by atoms with E-state index in [1.165, 1.54) is 12.0 Å². The van der Waals surface area contributed by atoms with Crippen LogP contribution < -0.4 is 14.8 Å². The van der Waals surface area contributed by atoms with Crippen LogP contribution >= 0.6 is 11.8 Å². The maximum absolute atomic E-state index is 12.6. The van der Waals surface area contributed by atoms with Gasteiger partial charge in [0, 0.05) is 24.9 Å². The number of amides is 1. The van der Waals surface area contributed by atoms with Gasteiger partial charge < -0.3 is 14.5 Å². The van der Waals surface area contributed by atoms with Crippen molar-refractivity contribution in [3.05, 3.63) is 24.4 Å². The van der Waals surface area contributed by atoms with E-state index < -0.39 is 0 Å². The van der Waals surface area contributed by atoms with E-state index in [0.29, 0.717) is 13.1 Å². The van der Waals surface area contributed by atoms with Crippen LogP contribution in [0.15, 0.2) is 24.4 Å². The van der Waals surface area contributed by atoms with Gasteiger partial charge >= 0.3 is 5.97 Å².